The summed E-state index contributed by atoms with van der Waals surface area (Å²) in [5.41, 5.74) is -2.85. The van der Waals surface area contributed by atoms with Crippen molar-refractivity contribution in [2.24, 2.45) is 5.41 Å². The number of aryl methyl sites for hydroxylation is 2. The molecule has 0 bridgehead atoms. The number of hydrogen-bond acceptors (Lipinski definition) is 4. The first-order chi connectivity index (χ1) is 15.3. The second kappa shape index (κ2) is 7.55. The molecule has 9 heteroatoms. The zero-order valence-corrected chi connectivity index (χ0v) is 19.4. The number of halogens is 3. The monoisotopic (exact) mass is 476 g/mol. The number of allylic oxidation sites excluding steroid dienone is 1. The summed E-state index contributed by atoms with van der Waals surface area (Å²) in [5, 5.41) is 3.49. The highest BCUT2D eigenvalue weighted by Crippen LogP contribution is 2.53. The molecule has 0 radical (unpaired) electrons. The topological polar surface area (TPSA) is 66.5 Å². The minimum atomic E-state index is -5.23. The van der Waals surface area contributed by atoms with E-state index in [0.29, 0.717) is 0 Å². The lowest BCUT2D eigenvalue weighted by Gasteiger charge is -2.35. The van der Waals surface area contributed by atoms with Crippen molar-refractivity contribution in [3.63, 3.8) is 0 Å². The summed E-state index contributed by atoms with van der Waals surface area (Å²) in [6.45, 7) is 7.19. The summed E-state index contributed by atoms with van der Waals surface area (Å²) in [7, 11) is 0. The fraction of sp³-hybridized carbons (Fsp3) is 0.375. The number of amides is 2. The molecule has 1 aliphatic carbocycles. The molecule has 33 heavy (non-hydrogen) atoms. The van der Waals surface area contributed by atoms with Crippen LogP contribution in [0.3, 0.4) is 0 Å². The third-order valence-electron chi connectivity index (χ3n) is 6.24. The number of Topliss-reactive ketones (excluding diaryl/α,β-unsaturated/α-hetero) is 1. The molecule has 2 aliphatic rings. The Hall–Kier alpha value is -2.94. The predicted octanol–water partition coefficient (Wildman–Crippen LogP) is 5.09. The van der Waals surface area contributed by atoms with Crippen molar-refractivity contribution >= 4 is 34.6 Å². The molecular formula is C24H23F3N2O3S. The Kier molecular flexibility index (Phi) is 5.31. The number of nitrogens with zero attached hydrogens (tertiary/aromatic N) is 1. The minimum Gasteiger partial charge on any atom is -0.326 e. The molecule has 174 valence electrons. The zero-order chi connectivity index (χ0) is 24.3. The lowest BCUT2D eigenvalue weighted by molar-refractivity contribution is -0.186. The Balaban J connectivity index is 1.97. The number of carbonyl (C=O) groups excluding carboxylic acids is 3. The lowest BCUT2D eigenvalue weighted by Crippen LogP contribution is -2.66. The number of ketones is 1. The molecule has 1 aromatic carbocycles. The summed E-state index contributed by atoms with van der Waals surface area (Å²) in [5.74, 6) is -3.23. The predicted molar refractivity (Wildman–Crippen MR) is 119 cm³/mol. The van der Waals surface area contributed by atoms with Gasteiger partial charge in [-0.3, -0.25) is 19.3 Å². The van der Waals surface area contributed by atoms with Crippen molar-refractivity contribution in [3.8, 4) is 0 Å². The van der Waals surface area contributed by atoms with Crippen molar-refractivity contribution in [1.29, 1.82) is 0 Å². The van der Waals surface area contributed by atoms with E-state index in [1.807, 2.05) is 12.2 Å². The Morgan fingerprint density at radius 1 is 1.09 bits per heavy atom. The van der Waals surface area contributed by atoms with Gasteiger partial charge in [-0.2, -0.15) is 13.2 Å². The second-order valence-corrected chi connectivity index (χ2v) is 10.3. The lowest BCUT2D eigenvalue weighted by atomic mass is 9.72. The first-order valence-electron chi connectivity index (χ1n) is 10.4. The molecular weight excluding hydrogens is 453 g/mol. The van der Waals surface area contributed by atoms with Gasteiger partial charge in [0.2, 0.25) is 5.54 Å². The van der Waals surface area contributed by atoms with Crippen LogP contribution >= 0.6 is 11.3 Å². The molecule has 0 unspecified atom stereocenters. The van der Waals surface area contributed by atoms with Crippen LogP contribution in [0.2, 0.25) is 0 Å². The maximum atomic E-state index is 14.8. The normalized spacial score (nSPS) is 22.6. The third-order valence-corrected chi connectivity index (χ3v) is 7.11. The number of thiophene rings is 1. The number of hydrogen-bond donors (Lipinski definition) is 1. The molecule has 2 heterocycles. The molecule has 0 saturated carbocycles. The van der Waals surface area contributed by atoms with E-state index in [1.54, 1.807) is 44.4 Å². The highest BCUT2D eigenvalue weighted by molar-refractivity contribution is 7.12. The van der Waals surface area contributed by atoms with E-state index in [2.05, 4.69) is 0 Å². The number of benzene rings is 1. The molecule has 2 amide bonds. The Bertz CT molecular complexity index is 1200. The van der Waals surface area contributed by atoms with Crippen LogP contribution in [0.1, 0.15) is 47.5 Å². The van der Waals surface area contributed by atoms with Crippen LogP contribution in [0.4, 0.5) is 18.9 Å². The molecule has 2 aromatic rings. The summed E-state index contributed by atoms with van der Waals surface area (Å²) in [6, 6.07) is 7.79. The molecule has 1 aliphatic heterocycles. The van der Waals surface area contributed by atoms with E-state index < -0.39 is 40.3 Å². The average Bonchev–Trinajstić information content (AvgIpc) is 3.29. The summed E-state index contributed by atoms with van der Waals surface area (Å²) >= 11 is 0.950. The van der Waals surface area contributed by atoms with Gasteiger partial charge in [-0.15, -0.1) is 11.3 Å². The first kappa shape index (κ1) is 23.2. The van der Waals surface area contributed by atoms with Crippen LogP contribution in [0.15, 0.2) is 47.0 Å². The van der Waals surface area contributed by atoms with Crippen molar-refractivity contribution in [3.05, 3.63) is 63.0 Å². The standard InChI is InChI=1S/C24H23F3N2O3S/c1-13-7-8-15(10-14(13)2)29-16-11-22(3,4)12-17(30)19(16)23(21(29)32,24(25,26)27)28-20(31)18-6-5-9-33-18/h5-10H,11-12H2,1-4H3,(H,28,31)/t23-/m1/s1. The molecule has 1 atom stereocenters. The quantitative estimate of drug-likeness (QED) is 0.672. The van der Waals surface area contributed by atoms with E-state index in [0.717, 1.165) is 27.4 Å². The molecule has 0 spiro atoms. The van der Waals surface area contributed by atoms with Gasteiger partial charge in [0.05, 0.1) is 10.5 Å². The SMILES string of the molecule is Cc1ccc(N2C(=O)[C@@](NC(=O)c3cccs3)(C(F)(F)F)C3=C2CC(C)(C)CC3=O)cc1C. The number of anilines is 1. The molecule has 0 saturated heterocycles. The number of rotatable bonds is 3. The van der Waals surface area contributed by atoms with Gasteiger partial charge < -0.3 is 5.32 Å². The van der Waals surface area contributed by atoms with Gasteiger partial charge in [-0.05, 0) is 60.4 Å². The van der Waals surface area contributed by atoms with Crippen LogP contribution in [0, 0.1) is 19.3 Å². The fourth-order valence-corrected chi connectivity index (χ4v) is 5.15. The molecule has 1 N–H and O–H groups in total. The average molecular weight is 477 g/mol. The van der Waals surface area contributed by atoms with E-state index in [1.165, 1.54) is 12.1 Å². The molecule has 0 fully saturated rings. The Morgan fingerprint density at radius 3 is 2.36 bits per heavy atom. The van der Waals surface area contributed by atoms with Crippen LogP contribution < -0.4 is 10.2 Å². The smallest absolute Gasteiger partial charge is 0.326 e. The fourth-order valence-electron chi connectivity index (χ4n) is 4.53. The minimum absolute atomic E-state index is 0.00620. The van der Waals surface area contributed by atoms with E-state index in [4.69, 9.17) is 0 Å². The Morgan fingerprint density at radius 2 is 1.79 bits per heavy atom. The Labute approximate surface area is 193 Å². The second-order valence-electron chi connectivity index (χ2n) is 9.35. The van der Waals surface area contributed by atoms with Gasteiger partial charge in [0, 0.05) is 17.8 Å². The first-order valence-corrected chi connectivity index (χ1v) is 11.3. The van der Waals surface area contributed by atoms with Crippen LogP contribution in [-0.4, -0.2) is 29.3 Å². The number of nitrogens with one attached hydrogen (secondary N) is 1. The van der Waals surface area contributed by atoms with Crippen LogP contribution in [-0.2, 0) is 9.59 Å². The molecule has 4 rings (SSSR count). The highest BCUT2D eigenvalue weighted by Gasteiger charge is 2.72. The number of alkyl halides is 3. The van der Waals surface area contributed by atoms with E-state index >= 15 is 0 Å². The van der Waals surface area contributed by atoms with Crippen molar-refractivity contribution in [2.75, 3.05) is 4.90 Å². The number of carbonyl (C=O) groups is 3. The van der Waals surface area contributed by atoms with Gasteiger partial charge in [-0.1, -0.05) is 26.0 Å². The maximum Gasteiger partial charge on any atom is 0.425 e. The van der Waals surface area contributed by atoms with Gasteiger partial charge in [-0.25, -0.2) is 0 Å². The summed E-state index contributed by atoms with van der Waals surface area (Å²) in [4.78, 5) is 40.7. The largest absolute Gasteiger partial charge is 0.425 e. The summed E-state index contributed by atoms with van der Waals surface area (Å²) < 4.78 is 44.4. The molecule has 1 aromatic heterocycles. The zero-order valence-electron chi connectivity index (χ0n) is 18.6. The van der Waals surface area contributed by atoms with E-state index in [-0.39, 0.29) is 29.1 Å². The van der Waals surface area contributed by atoms with Gasteiger partial charge >= 0.3 is 6.18 Å². The van der Waals surface area contributed by atoms with Crippen molar-refractivity contribution < 1.29 is 27.6 Å². The van der Waals surface area contributed by atoms with Crippen LogP contribution in [0.25, 0.3) is 0 Å². The van der Waals surface area contributed by atoms with Crippen molar-refractivity contribution in [2.45, 2.75) is 52.3 Å². The van der Waals surface area contributed by atoms with Gasteiger partial charge in [0.15, 0.2) is 5.78 Å². The third kappa shape index (κ3) is 3.58. The van der Waals surface area contributed by atoms with Gasteiger partial charge in [0.25, 0.3) is 11.8 Å². The van der Waals surface area contributed by atoms with E-state index in [9.17, 15) is 27.6 Å². The summed E-state index contributed by atoms with van der Waals surface area (Å²) in [6.07, 6.45) is -5.31. The van der Waals surface area contributed by atoms with Gasteiger partial charge in [0.1, 0.15) is 0 Å². The highest BCUT2D eigenvalue weighted by atomic mass is 32.1. The van der Waals surface area contributed by atoms with Crippen LogP contribution in [0.5, 0.6) is 0 Å². The molecule has 5 nitrogen and oxygen atoms in total. The van der Waals surface area contributed by atoms with Crippen molar-refractivity contribution in [1.82, 2.24) is 5.32 Å². The maximum absolute atomic E-state index is 14.8.